The van der Waals surface area contributed by atoms with Crippen LogP contribution in [-0.4, -0.2) is 19.2 Å². The Kier molecular flexibility index (Phi) is 3.85. The second-order valence-electron chi connectivity index (χ2n) is 4.51. The van der Waals surface area contributed by atoms with Crippen molar-refractivity contribution in [1.82, 2.24) is 4.98 Å². The third kappa shape index (κ3) is 2.46. The van der Waals surface area contributed by atoms with E-state index in [1.54, 1.807) is 12.1 Å². The molecular weight excluding hydrogens is 350 g/mol. The van der Waals surface area contributed by atoms with Crippen molar-refractivity contribution in [1.29, 1.82) is 0 Å². The van der Waals surface area contributed by atoms with Gasteiger partial charge in [0.15, 0.2) is 11.5 Å². The fraction of sp³-hybridized carbons (Fsp3) is 0.125. The number of methoxy groups -OCH3 is 2. The first-order chi connectivity index (χ1) is 10.6. The number of nitrogens with zero attached hydrogens (tertiary/aromatic N) is 1. The van der Waals surface area contributed by atoms with Gasteiger partial charge in [-0.05, 0) is 28.1 Å². The van der Waals surface area contributed by atoms with Gasteiger partial charge in [-0.3, -0.25) is 0 Å². The van der Waals surface area contributed by atoms with Gasteiger partial charge >= 0.3 is 5.63 Å². The molecule has 112 valence electrons. The van der Waals surface area contributed by atoms with Crippen molar-refractivity contribution in [3.63, 3.8) is 0 Å². The Labute approximate surface area is 134 Å². The van der Waals surface area contributed by atoms with E-state index in [0.717, 1.165) is 4.47 Å². The van der Waals surface area contributed by atoms with E-state index in [1.807, 2.05) is 24.3 Å². The molecule has 0 unspecified atom stereocenters. The number of ether oxygens (including phenoxy) is 2. The topological polar surface area (TPSA) is 61.6 Å². The summed E-state index contributed by atoms with van der Waals surface area (Å²) in [6, 6.07) is 10.6. The zero-order valence-corrected chi connectivity index (χ0v) is 13.5. The molecule has 0 atom stereocenters. The molecule has 0 saturated carbocycles. The van der Waals surface area contributed by atoms with E-state index in [2.05, 4.69) is 20.9 Å². The smallest absolute Gasteiger partial charge is 0.347 e. The normalized spacial score (nSPS) is 10.7. The molecule has 0 spiro atoms. The van der Waals surface area contributed by atoms with Gasteiger partial charge < -0.3 is 13.9 Å². The van der Waals surface area contributed by atoms with E-state index < -0.39 is 5.63 Å². The summed E-state index contributed by atoms with van der Waals surface area (Å²) >= 11 is 3.43. The molecule has 5 nitrogen and oxygen atoms in total. The summed E-state index contributed by atoms with van der Waals surface area (Å²) in [5, 5.41) is 0.341. The summed E-state index contributed by atoms with van der Waals surface area (Å²) < 4.78 is 16.6. The molecule has 0 radical (unpaired) electrons. The Hall–Kier alpha value is -2.34. The average Bonchev–Trinajstić information content (AvgIpc) is 2.54. The summed E-state index contributed by atoms with van der Waals surface area (Å²) in [6.07, 6.45) is 0. The SMILES string of the molecule is COc1cc2nc(-c3ccccc3Br)oc(=O)c2cc1OC. The minimum atomic E-state index is -0.475. The van der Waals surface area contributed by atoms with Gasteiger partial charge in [0.05, 0.1) is 30.7 Å². The number of aromatic nitrogens is 1. The Morgan fingerprint density at radius 1 is 1.09 bits per heavy atom. The van der Waals surface area contributed by atoms with E-state index in [1.165, 1.54) is 14.2 Å². The lowest BCUT2D eigenvalue weighted by molar-refractivity contribution is 0.355. The third-order valence-corrected chi connectivity index (χ3v) is 3.93. The van der Waals surface area contributed by atoms with Gasteiger partial charge in [-0.15, -0.1) is 0 Å². The maximum Gasteiger partial charge on any atom is 0.347 e. The van der Waals surface area contributed by atoms with Gasteiger partial charge in [-0.25, -0.2) is 9.78 Å². The minimum absolute atomic E-state index is 0.247. The van der Waals surface area contributed by atoms with Crippen molar-refractivity contribution in [2.75, 3.05) is 14.2 Å². The molecule has 3 rings (SSSR count). The van der Waals surface area contributed by atoms with Crippen LogP contribution < -0.4 is 15.1 Å². The van der Waals surface area contributed by atoms with Crippen LogP contribution in [0.3, 0.4) is 0 Å². The Morgan fingerprint density at radius 3 is 2.45 bits per heavy atom. The number of benzene rings is 2. The maximum atomic E-state index is 12.2. The standard InChI is InChI=1S/C16H12BrNO4/c1-20-13-7-10-12(8-14(13)21-2)18-15(22-16(10)19)9-5-3-4-6-11(9)17/h3-8H,1-2H3. The molecule has 0 fully saturated rings. The van der Waals surface area contributed by atoms with E-state index >= 15 is 0 Å². The molecule has 0 aliphatic heterocycles. The average molecular weight is 362 g/mol. The summed E-state index contributed by atoms with van der Waals surface area (Å²) in [5.41, 5.74) is 0.715. The lowest BCUT2D eigenvalue weighted by atomic mass is 10.2. The molecule has 6 heteroatoms. The van der Waals surface area contributed by atoms with Crippen LogP contribution in [0, 0.1) is 0 Å². The fourth-order valence-corrected chi connectivity index (χ4v) is 2.60. The molecule has 0 aliphatic carbocycles. The van der Waals surface area contributed by atoms with Gasteiger partial charge in [-0.2, -0.15) is 0 Å². The Balaban J connectivity index is 2.29. The molecule has 1 heterocycles. The van der Waals surface area contributed by atoms with Crippen LogP contribution in [0.25, 0.3) is 22.4 Å². The first-order valence-corrected chi connectivity index (χ1v) is 7.25. The van der Waals surface area contributed by atoms with Crippen LogP contribution in [0.5, 0.6) is 11.5 Å². The quantitative estimate of drug-likeness (QED) is 0.712. The van der Waals surface area contributed by atoms with Crippen LogP contribution in [-0.2, 0) is 0 Å². The molecule has 0 bridgehead atoms. The molecule has 22 heavy (non-hydrogen) atoms. The van der Waals surface area contributed by atoms with Crippen LogP contribution >= 0.6 is 15.9 Å². The van der Waals surface area contributed by atoms with Crippen LogP contribution in [0.4, 0.5) is 0 Å². The van der Waals surface area contributed by atoms with E-state index in [9.17, 15) is 4.79 Å². The highest BCUT2D eigenvalue weighted by Gasteiger charge is 2.14. The minimum Gasteiger partial charge on any atom is -0.493 e. The molecular formula is C16H12BrNO4. The van der Waals surface area contributed by atoms with Gasteiger partial charge in [0, 0.05) is 16.6 Å². The zero-order valence-electron chi connectivity index (χ0n) is 11.9. The predicted molar refractivity (Wildman–Crippen MR) is 86.5 cm³/mol. The molecule has 1 aromatic heterocycles. The molecule has 2 aromatic carbocycles. The van der Waals surface area contributed by atoms with E-state index in [-0.39, 0.29) is 5.89 Å². The number of rotatable bonds is 3. The lowest BCUT2D eigenvalue weighted by Crippen LogP contribution is -2.04. The highest BCUT2D eigenvalue weighted by atomic mass is 79.9. The Morgan fingerprint density at radius 2 is 1.77 bits per heavy atom. The summed E-state index contributed by atoms with van der Waals surface area (Å²) in [6.45, 7) is 0. The van der Waals surface area contributed by atoms with Gasteiger partial charge in [0.25, 0.3) is 0 Å². The van der Waals surface area contributed by atoms with Crippen molar-refractivity contribution in [2.24, 2.45) is 0 Å². The first kappa shape index (κ1) is 14.6. The highest BCUT2D eigenvalue weighted by molar-refractivity contribution is 9.10. The predicted octanol–water partition coefficient (Wildman–Crippen LogP) is 3.63. The second kappa shape index (κ2) is 5.81. The van der Waals surface area contributed by atoms with Crippen LogP contribution in [0.2, 0.25) is 0 Å². The maximum absolute atomic E-state index is 12.2. The molecule has 0 amide bonds. The van der Waals surface area contributed by atoms with Gasteiger partial charge in [-0.1, -0.05) is 12.1 Å². The second-order valence-corrected chi connectivity index (χ2v) is 5.36. The molecule has 0 saturated heterocycles. The van der Waals surface area contributed by atoms with Crippen molar-refractivity contribution >= 4 is 26.8 Å². The summed E-state index contributed by atoms with van der Waals surface area (Å²) in [5.74, 6) is 1.21. The van der Waals surface area contributed by atoms with Gasteiger partial charge in [0.1, 0.15) is 0 Å². The third-order valence-electron chi connectivity index (χ3n) is 3.24. The zero-order chi connectivity index (χ0) is 15.7. The Bertz CT molecular complexity index is 904. The summed E-state index contributed by atoms with van der Waals surface area (Å²) in [7, 11) is 3.04. The van der Waals surface area contributed by atoms with Crippen molar-refractivity contribution in [3.8, 4) is 23.0 Å². The monoisotopic (exact) mass is 361 g/mol. The lowest BCUT2D eigenvalue weighted by Gasteiger charge is -2.09. The summed E-state index contributed by atoms with van der Waals surface area (Å²) in [4.78, 5) is 16.7. The van der Waals surface area contributed by atoms with Crippen molar-refractivity contribution in [3.05, 3.63) is 51.3 Å². The number of hydrogen-bond acceptors (Lipinski definition) is 5. The van der Waals surface area contributed by atoms with E-state index in [4.69, 9.17) is 13.9 Å². The largest absolute Gasteiger partial charge is 0.493 e. The fourth-order valence-electron chi connectivity index (χ4n) is 2.15. The highest BCUT2D eigenvalue weighted by Crippen LogP contribution is 2.32. The molecule has 0 N–H and O–H groups in total. The number of halogens is 1. The first-order valence-electron chi connectivity index (χ1n) is 6.46. The van der Waals surface area contributed by atoms with Gasteiger partial charge in [0.2, 0.25) is 5.89 Å². The number of fused-ring (bicyclic) bond motifs is 1. The molecule has 3 aromatic rings. The molecule has 0 aliphatic rings. The van der Waals surface area contributed by atoms with Crippen molar-refractivity contribution < 1.29 is 13.9 Å². The van der Waals surface area contributed by atoms with Crippen LogP contribution in [0.15, 0.2) is 50.1 Å². The van der Waals surface area contributed by atoms with E-state index in [0.29, 0.717) is 28.0 Å². The number of hydrogen-bond donors (Lipinski definition) is 0. The van der Waals surface area contributed by atoms with Crippen LogP contribution in [0.1, 0.15) is 0 Å². The van der Waals surface area contributed by atoms with Crippen molar-refractivity contribution in [2.45, 2.75) is 0 Å².